The van der Waals surface area contributed by atoms with Crippen molar-refractivity contribution in [1.82, 2.24) is 4.31 Å². The molecule has 190 valence electrons. The van der Waals surface area contributed by atoms with Crippen LogP contribution in [0.1, 0.15) is 44.9 Å². The summed E-state index contributed by atoms with van der Waals surface area (Å²) < 4.78 is 45.0. The van der Waals surface area contributed by atoms with Gasteiger partial charge in [-0.25, -0.2) is 8.42 Å². The molecule has 7 nitrogen and oxygen atoms in total. The number of carbonyl (C=O) groups excluding carboxylic acids is 1. The molecular weight excluding hydrogens is 490 g/mol. The first-order valence-corrected chi connectivity index (χ1v) is 13.9. The number of piperidine rings is 1. The average Bonchev–Trinajstić information content (AvgIpc) is 2.89. The Morgan fingerprint density at radius 3 is 2.29 bits per heavy atom. The predicted octanol–water partition coefficient (Wildman–Crippen LogP) is 5.07. The lowest BCUT2D eigenvalue weighted by Crippen LogP contribution is -2.52. The summed E-state index contributed by atoms with van der Waals surface area (Å²) in [6.45, 7) is 0.790. The standard InChI is InChI=1S/C26H32ClNO6S/c1-32-26(29)25-17-23(34-22-9-7-20(27)8-10-22)15-16-28(25)35(30,31)24-13-11-21(12-14-24)33-18-19-5-3-2-4-6-19/h7-14,19,23,25H,2-6,15-18H2,1H3/t23?,25-/m0/s1. The summed E-state index contributed by atoms with van der Waals surface area (Å²) in [7, 11) is -2.66. The van der Waals surface area contributed by atoms with Crippen molar-refractivity contribution < 1.29 is 27.4 Å². The van der Waals surface area contributed by atoms with Crippen molar-refractivity contribution in [3.05, 3.63) is 53.6 Å². The topological polar surface area (TPSA) is 82.1 Å². The molecule has 0 spiro atoms. The molecule has 9 heteroatoms. The van der Waals surface area contributed by atoms with Crippen molar-refractivity contribution in [2.24, 2.45) is 5.92 Å². The van der Waals surface area contributed by atoms with Crippen molar-refractivity contribution in [1.29, 1.82) is 0 Å². The molecule has 1 aliphatic heterocycles. The smallest absolute Gasteiger partial charge is 0.324 e. The normalized spacial score (nSPS) is 21.9. The zero-order chi connectivity index (χ0) is 24.8. The van der Waals surface area contributed by atoms with E-state index in [0.29, 0.717) is 35.5 Å². The Bertz CT molecular complexity index is 1080. The van der Waals surface area contributed by atoms with Gasteiger partial charge in [0.2, 0.25) is 10.0 Å². The van der Waals surface area contributed by atoms with Crippen molar-refractivity contribution in [3.63, 3.8) is 0 Å². The largest absolute Gasteiger partial charge is 0.493 e. The fourth-order valence-electron chi connectivity index (χ4n) is 4.77. The van der Waals surface area contributed by atoms with Gasteiger partial charge in [-0.3, -0.25) is 4.79 Å². The van der Waals surface area contributed by atoms with E-state index in [-0.39, 0.29) is 24.0 Å². The fourth-order valence-corrected chi connectivity index (χ4v) is 6.50. The summed E-state index contributed by atoms with van der Waals surface area (Å²) in [4.78, 5) is 12.7. The molecule has 1 aliphatic carbocycles. The number of rotatable bonds is 8. The average molecular weight is 522 g/mol. The van der Waals surface area contributed by atoms with Crippen LogP contribution in [0.4, 0.5) is 0 Å². The van der Waals surface area contributed by atoms with E-state index in [1.165, 1.54) is 55.7 Å². The fraction of sp³-hybridized carbons (Fsp3) is 0.500. The minimum absolute atomic E-state index is 0.119. The van der Waals surface area contributed by atoms with Gasteiger partial charge in [-0.15, -0.1) is 0 Å². The quantitative estimate of drug-likeness (QED) is 0.451. The van der Waals surface area contributed by atoms with E-state index in [2.05, 4.69) is 0 Å². The van der Waals surface area contributed by atoms with Gasteiger partial charge in [-0.2, -0.15) is 4.31 Å². The number of hydrogen-bond donors (Lipinski definition) is 0. The van der Waals surface area contributed by atoms with E-state index >= 15 is 0 Å². The molecule has 0 bridgehead atoms. The Kier molecular flexibility index (Phi) is 8.57. The summed E-state index contributed by atoms with van der Waals surface area (Å²) >= 11 is 5.93. The summed E-state index contributed by atoms with van der Waals surface area (Å²) in [5.41, 5.74) is 0. The molecule has 1 unspecified atom stereocenters. The Morgan fingerprint density at radius 2 is 1.63 bits per heavy atom. The van der Waals surface area contributed by atoms with E-state index < -0.39 is 22.0 Å². The molecule has 2 aromatic carbocycles. The Balaban J connectivity index is 1.43. The van der Waals surface area contributed by atoms with Gasteiger partial charge in [0.15, 0.2) is 0 Å². The highest BCUT2D eigenvalue weighted by Gasteiger charge is 2.42. The zero-order valence-electron chi connectivity index (χ0n) is 19.9. The second-order valence-corrected chi connectivity index (χ2v) is 11.5. The van der Waals surface area contributed by atoms with E-state index in [4.69, 9.17) is 25.8 Å². The van der Waals surface area contributed by atoms with Gasteiger partial charge >= 0.3 is 5.97 Å². The lowest BCUT2D eigenvalue weighted by Gasteiger charge is -2.36. The molecular formula is C26H32ClNO6S. The number of hydrogen-bond acceptors (Lipinski definition) is 6. The third kappa shape index (κ3) is 6.48. The monoisotopic (exact) mass is 521 g/mol. The highest BCUT2D eigenvalue weighted by atomic mass is 35.5. The molecule has 1 saturated heterocycles. The number of nitrogens with zero attached hydrogens (tertiary/aromatic N) is 1. The lowest BCUT2D eigenvalue weighted by molar-refractivity contribution is -0.147. The van der Waals surface area contributed by atoms with Gasteiger partial charge in [0.05, 0.1) is 18.6 Å². The first kappa shape index (κ1) is 25.8. The SMILES string of the molecule is COC(=O)[C@@H]1CC(Oc2ccc(Cl)cc2)CCN1S(=O)(=O)c1ccc(OCC2CCCCC2)cc1. The minimum Gasteiger partial charge on any atom is -0.493 e. The van der Waals surface area contributed by atoms with Gasteiger partial charge in [-0.1, -0.05) is 30.9 Å². The number of sulfonamides is 1. The molecule has 2 fully saturated rings. The van der Waals surface area contributed by atoms with Crippen LogP contribution in [0.3, 0.4) is 0 Å². The van der Waals surface area contributed by atoms with Gasteiger partial charge < -0.3 is 14.2 Å². The number of ether oxygens (including phenoxy) is 3. The molecule has 0 amide bonds. The van der Waals surface area contributed by atoms with E-state index in [0.717, 1.165) is 0 Å². The highest BCUT2D eigenvalue weighted by Crippen LogP contribution is 2.30. The van der Waals surface area contributed by atoms with Crippen LogP contribution in [0.5, 0.6) is 11.5 Å². The van der Waals surface area contributed by atoms with Gasteiger partial charge in [0.25, 0.3) is 0 Å². The summed E-state index contributed by atoms with van der Waals surface area (Å²) in [5, 5.41) is 0.594. The maximum atomic E-state index is 13.5. The van der Waals surface area contributed by atoms with Crippen LogP contribution < -0.4 is 9.47 Å². The highest BCUT2D eigenvalue weighted by molar-refractivity contribution is 7.89. The van der Waals surface area contributed by atoms with E-state index in [1.54, 1.807) is 36.4 Å². The van der Waals surface area contributed by atoms with Crippen molar-refractivity contribution >= 4 is 27.6 Å². The maximum absolute atomic E-state index is 13.5. The molecule has 2 atom stereocenters. The number of benzene rings is 2. The molecule has 0 N–H and O–H groups in total. The van der Waals surface area contributed by atoms with Crippen molar-refractivity contribution in [3.8, 4) is 11.5 Å². The van der Waals surface area contributed by atoms with Crippen LogP contribution >= 0.6 is 11.6 Å². The van der Waals surface area contributed by atoms with E-state index in [9.17, 15) is 13.2 Å². The Labute approximate surface area is 212 Å². The Morgan fingerprint density at radius 1 is 0.971 bits per heavy atom. The van der Waals surface area contributed by atoms with Crippen LogP contribution in [0.2, 0.25) is 5.02 Å². The van der Waals surface area contributed by atoms with Crippen molar-refractivity contribution in [2.45, 2.75) is 62.0 Å². The van der Waals surface area contributed by atoms with Gasteiger partial charge in [0.1, 0.15) is 23.6 Å². The molecule has 4 rings (SSSR count). The van der Waals surface area contributed by atoms with Crippen LogP contribution in [0.25, 0.3) is 0 Å². The second kappa shape index (κ2) is 11.6. The number of esters is 1. The van der Waals surface area contributed by atoms with Crippen LogP contribution in [0.15, 0.2) is 53.4 Å². The van der Waals surface area contributed by atoms with Crippen LogP contribution in [-0.4, -0.2) is 51.1 Å². The third-order valence-corrected chi connectivity index (χ3v) is 8.91. The second-order valence-electron chi connectivity index (χ2n) is 9.16. The minimum atomic E-state index is -3.92. The van der Waals surface area contributed by atoms with Gasteiger partial charge in [0, 0.05) is 18.0 Å². The molecule has 1 saturated carbocycles. The lowest BCUT2D eigenvalue weighted by atomic mass is 9.90. The molecule has 35 heavy (non-hydrogen) atoms. The number of carbonyl (C=O) groups is 1. The first-order valence-electron chi connectivity index (χ1n) is 12.1. The predicted molar refractivity (Wildman–Crippen MR) is 133 cm³/mol. The molecule has 0 radical (unpaired) electrons. The molecule has 2 aliphatic rings. The van der Waals surface area contributed by atoms with Crippen molar-refractivity contribution in [2.75, 3.05) is 20.3 Å². The third-order valence-electron chi connectivity index (χ3n) is 6.74. The Hall–Kier alpha value is -2.29. The van der Waals surface area contributed by atoms with Crippen LogP contribution in [0, 0.1) is 5.92 Å². The van der Waals surface area contributed by atoms with Crippen LogP contribution in [-0.2, 0) is 19.6 Å². The summed E-state index contributed by atoms with van der Waals surface area (Å²) in [5.74, 6) is 1.21. The zero-order valence-corrected chi connectivity index (χ0v) is 21.5. The first-order chi connectivity index (χ1) is 16.9. The number of halogens is 1. The summed E-state index contributed by atoms with van der Waals surface area (Å²) in [6, 6.07) is 12.4. The van der Waals surface area contributed by atoms with Gasteiger partial charge in [-0.05, 0) is 73.7 Å². The number of methoxy groups -OCH3 is 1. The van der Waals surface area contributed by atoms with E-state index in [1.807, 2.05) is 0 Å². The maximum Gasteiger partial charge on any atom is 0.324 e. The molecule has 0 aromatic heterocycles. The molecule has 2 aromatic rings. The summed E-state index contributed by atoms with van der Waals surface area (Å²) in [6.07, 6.45) is 6.44. The molecule has 1 heterocycles.